The maximum absolute atomic E-state index is 2.58. The fraction of sp³-hybridized carbons (Fsp3) is 0.500. The highest BCUT2D eigenvalue weighted by molar-refractivity contribution is 6.56. The van der Waals surface area contributed by atoms with Gasteiger partial charge < -0.3 is 0 Å². The Morgan fingerprint density at radius 2 is 1.71 bits per heavy atom. The fourth-order valence-corrected chi connectivity index (χ4v) is 6.36. The Balaban J connectivity index is 1.72. The molecule has 1 saturated carbocycles. The monoisotopic (exact) mass is 296 g/mol. The van der Waals surface area contributed by atoms with E-state index in [0.717, 1.165) is 11.5 Å². The van der Waals surface area contributed by atoms with E-state index in [4.69, 9.17) is 0 Å². The smallest absolute Gasteiger partial charge is 0.0667 e. The van der Waals surface area contributed by atoms with Crippen molar-refractivity contribution < 1.29 is 0 Å². The molecule has 0 bridgehead atoms. The van der Waals surface area contributed by atoms with Crippen LogP contribution in [0.5, 0.6) is 0 Å². The highest BCUT2D eigenvalue weighted by Gasteiger charge is 2.25. The summed E-state index contributed by atoms with van der Waals surface area (Å²) >= 11 is 0. The van der Waals surface area contributed by atoms with E-state index in [2.05, 4.69) is 50.3 Å². The van der Waals surface area contributed by atoms with E-state index >= 15 is 0 Å². The van der Waals surface area contributed by atoms with E-state index in [1.165, 1.54) is 38.5 Å². The molecule has 0 nitrogen and oxygen atoms in total. The van der Waals surface area contributed by atoms with Gasteiger partial charge in [0, 0.05) is 0 Å². The average Bonchev–Trinajstić information content (AvgIpc) is 2.77. The second-order valence-electron chi connectivity index (χ2n) is 7.00. The van der Waals surface area contributed by atoms with Gasteiger partial charge in [-0.05, 0) is 37.3 Å². The average molecular weight is 297 g/mol. The quantitative estimate of drug-likeness (QED) is 0.717. The van der Waals surface area contributed by atoms with Crippen LogP contribution < -0.4 is 5.19 Å². The van der Waals surface area contributed by atoms with Gasteiger partial charge in [-0.1, -0.05) is 84.8 Å². The topological polar surface area (TPSA) is 0 Å². The maximum Gasteiger partial charge on any atom is 0.0667 e. The number of allylic oxidation sites excluding steroid dienone is 4. The van der Waals surface area contributed by atoms with Gasteiger partial charge in [-0.15, -0.1) is 0 Å². The highest BCUT2D eigenvalue weighted by Crippen LogP contribution is 2.40. The lowest BCUT2D eigenvalue weighted by molar-refractivity contribution is 0.354. The Hall–Kier alpha value is -1.08. The zero-order valence-electron chi connectivity index (χ0n) is 13.6. The summed E-state index contributed by atoms with van der Waals surface area (Å²) in [6.45, 7) is 4.68. The normalized spacial score (nSPS) is 24.1. The number of hydrogen-bond donors (Lipinski definition) is 0. The van der Waals surface area contributed by atoms with Crippen LogP contribution in [0, 0.1) is 5.92 Å². The van der Waals surface area contributed by atoms with Crippen molar-refractivity contribution in [2.24, 2.45) is 5.92 Å². The van der Waals surface area contributed by atoms with E-state index in [0.29, 0.717) is 0 Å². The summed E-state index contributed by atoms with van der Waals surface area (Å²) in [5.41, 5.74) is 5.76. The molecule has 0 N–H and O–H groups in total. The third kappa shape index (κ3) is 3.57. The van der Waals surface area contributed by atoms with Crippen molar-refractivity contribution in [3.8, 4) is 0 Å². The van der Waals surface area contributed by atoms with Crippen molar-refractivity contribution in [1.29, 1.82) is 0 Å². The van der Waals surface area contributed by atoms with Crippen LogP contribution in [0.25, 0.3) is 0 Å². The van der Waals surface area contributed by atoms with E-state index in [1.807, 2.05) is 0 Å². The molecule has 2 aliphatic rings. The second kappa shape index (κ2) is 6.78. The summed E-state index contributed by atoms with van der Waals surface area (Å²) in [6, 6.07) is 11.2. The molecule has 0 saturated heterocycles. The largest absolute Gasteiger partial charge is 0.0771 e. The Kier molecular flexibility index (Phi) is 4.79. The molecule has 0 spiro atoms. The first-order valence-electron chi connectivity index (χ1n) is 8.66. The minimum atomic E-state index is -0.227. The second-order valence-corrected chi connectivity index (χ2v) is 9.11. The van der Waals surface area contributed by atoms with Crippen molar-refractivity contribution in [3.05, 3.63) is 53.1 Å². The lowest BCUT2D eigenvalue weighted by Gasteiger charge is -2.25. The lowest BCUT2D eigenvalue weighted by Crippen LogP contribution is -2.20. The highest BCUT2D eigenvalue weighted by atomic mass is 28.2. The van der Waals surface area contributed by atoms with Crippen molar-refractivity contribution >= 4 is 14.7 Å². The summed E-state index contributed by atoms with van der Waals surface area (Å²) in [5, 5.41) is 1.61. The summed E-state index contributed by atoms with van der Waals surface area (Å²) < 4.78 is 0. The molecule has 21 heavy (non-hydrogen) atoms. The van der Waals surface area contributed by atoms with Crippen LogP contribution in [0.2, 0.25) is 5.54 Å². The Morgan fingerprint density at radius 3 is 2.43 bits per heavy atom. The molecule has 112 valence electrons. The first-order valence-corrected chi connectivity index (χ1v) is 10.2. The standard InChI is InChI=1S/C20H28Si/c1-15-13-20(21-18-11-7-4-8-12-18)19(16(15)2)14-17-9-5-3-6-10-17/h4,7-8,11-13,17,20H,3,5-6,9-10,14,21H2,1-2H3. The SMILES string of the molecule is CC1=CC([SiH2]c2ccccc2)C(CC2CCCCC2)=C1C. The summed E-state index contributed by atoms with van der Waals surface area (Å²) in [7, 11) is -0.227. The van der Waals surface area contributed by atoms with Crippen LogP contribution in [-0.2, 0) is 0 Å². The van der Waals surface area contributed by atoms with Gasteiger partial charge in [0.15, 0.2) is 0 Å². The molecule has 0 aromatic heterocycles. The van der Waals surface area contributed by atoms with Crippen LogP contribution in [0.1, 0.15) is 52.4 Å². The molecule has 1 heteroatoms. The lowest BCUT2D eigenvalue weighted by atomic mass is 9.83. The predicted molar refractivity (Wildman–Crippen MR) is 96.0 cm³/mol. The van der Waals surface area contributed by atoms with E-state index < -0.39 is 0 Å². The van der Waals surface area contributed by atoms with Crippen molar-refractivity contribution in [1.82, 2.24) is 0 Å². The van der Waals surface area contributed by atoms with Gasteiger partial charge in [-0.2, -0.15) is 0 Å². The maximum atomic E-state index is 2.58. The Morgan fingerprint density at radius 1 is 1.00 bits per heavy atom. The molecule has 0 heterocycles. The molecular formula is C20H28Si. The van der Waals surface area contributed by atoms with Gasteiger partial charge in [0.25, 0.3) is 0 Å². The van der Waals surface area contributed by atoms with Gasteiger partial charge >= 0.3 is 0 Å². The van der Waals surface area contributed by atoms with Crippen LogP contribution in [-0.4, -0.2) is 9.52 Å². The third-order valence-electron chi connectivity index (χ3n) is 5.50. The number of benzene rings is 1. The van der Waals surface area contributed by atoms with Gasteiger partial charge in [0.2, 0.25) is 0 Å². The van der Waals surface area contributed by atoms with Gasteiger partial charge in [0.05, 0.1) is 9.52 Å². The van der Waals surface area contributed by atoms with Crippen molar-refractivity contribution in [2.75, 3.05) is 0 Å². The molecule has 1 aromatic rings. The predicted octanol–water partition coefficient (Wildman–Crippen LogP) is 4.52. The van der Waals surface area contributed by atoms with Crippen LogP contribution in [0.3, 0.4) is 0 Å². The first kappa shape index (κ1) is 14.8. The molecule has 1 atom stereocenters. The summed E-state index contributed by atoms with van der Waals surface area (Å²) in [4.78, 5) is 0. The fourth-order valence-electron chi connectivity index (χ4n) is 4.12. The summed E-state index contributed by atoms with van der Waals surface area (Å²) in [5.74, 6) is 0.968. The van der Waals surface area contributed by atoms with Crippen LogP contribution >= 0.6 is 0 Å². The van der Waals surface area contributed by atoms with Crippen molar-refractivity contribution in [3.63, 3.8) is 0 Å². The molecule has 0 aliphatic heterocycles. The van der Waals surface area contributed by atoms with E-state index in [9.17, 15) is 0 Å². The zero-order chi connectivity index (χ0) is 14.7. The van der Waals surface area contributed by atoms with Crippen LogP contribution in [0.4, 0.5) is 0 Å². The third-order valence-corrected chi connectivity index (χ3v) is 7.61. The molecule has 2 aliphatic carbocycles. The molecule has 1 unspecified atom stereocenters. The van der Waals surface area contributed by atoms with E-state index in [-0.39, 0.29) is 9.52 Å². The minimum absolute atomic E-state index is 0.227. The minimum Gasteiger partial charge on any atom is -0.0771 e. The van der Waals surface area contributed by atoms with Crippen LogP contribution in [0.15, 0.2) is 53.1 Å². The van der Waals surface area contributed by atoms with Gasteiger partial charge in [-0.25, -0.2) is 0 Å². The molecular weight excluding hydrogens is 268 g/mol. The number of rotatable bonds is 4. The Bertz CT molecular complexity index is 532. The molecule has 1 aromatic carbocycles. The molecule has 0 amide bonds. The number of hydrogen-bond acceptors (Lipinski definition) is 0. The first-order chi connectivity index (χ1) is 10.2. The summed E-state index contributed by atoms with van der Waals surface area (Å²) in [6.07, 6.45) is 11.3. The van der Waals surface area contributed by atoms with E-state index in [1.54, 1.807) is 21.9 Å². The van der Waals surface area contributed by atoms with Gasteiger partial charge in [0.1, 0.15) is 0 Å². The molecule has 3 rings (SSSR count). The van der Waals surface area contributed by atoms with Crippen molar-refractivity contribution in [2.45, 2.75) is 57.9 Å². The van der Waals surface area contributed by atoms with Gasteiger partial charge in [-0.3, -0.25) is 0 Å². The Labute approximate surface area is 132 Å². The molecule has 1 fully saturated rings. The zero-order valence-corrected chi connectivity index (χ0v) is 15.0. The molecule has 0 radical (unpaired) electrons.